The number of ether oxygens (including phenoxy) is 1. The summed E-state index contributed by atoms with van der Waals surface area (Å²) in [6.07, 6.45) is 1.87. The zero-order valence-corrected chi connectivity index (χ0v) is 11.1. The second-order valence-corrected chi connectivity index (χ2v) is 4.26. The molecule has 0 radical (unpaired) electrons. The van der Waals surface area contributed by atoms with Gasteiger partial charge >= 0.3 is 0 Å². The third-order valence-electron chi connectivity index (χ3n) is 1.76. The molecule has 0 saturated carbocycles. The number of rotatable bonds is 5. The predicted molar refractivity (Wildman–Crippen MR) is 66.7 cm³/mol. The molecule has 1 aromatic rings. The van der Waals surface area contributed by atoms with E-state index >= 15 is 0 Å². The van der Waals surface area contributed by atoms with E-state index in [9.17, 15) is 4.79 Å². The van der Waals surface area contributed by atoms with Gasteiger partial charge in [0.2, 0.25) is 5.91 Å². The van der Waals surface area contributed by atoms with E-state index in [0.29, 0.717) is 25.3 Å². The number of pyridine rings is 1. The molecule has 0 aliphatic rings. The van der Waals surface area contributed by atoms with Gasteiger partial charge in [-0.1, -0.05) is 11.6 Å². The standard InChI is InChI=1S/C10H12BrClN2O2/c1-2-16-4-3-9(15)14-8-5-7(11)6-13-10(8)12/h5-6H,2-4H2,1H3,(H,14,15). The van der Waals surface area contributed by atoms with E-state index in [-0.39, 0.29) is 11.1 Å². The van der Waals surface area contributed by atoms with Gasteiger partial charge in [0.25, 0.3) is 0 Å². The number of nitrogens with zero attached hydrogens (tertiary/aromatic N) is 1. The fraction of sp³-hybridized carbons (Fsp3) is 0.400. The van der Waals surface area contributed by atoms with Crippen molar-refractivity contribution in [3.8, 4) is 0 Å². The van der Waals surface area contributed by atoms with Crippen LogP contribution in [0.4, 0.5) is 5.69 Å². The molecule has 16 heavy (non-hydrogen) atoms. The molecule has 88 valence electrons. The maximum Gasteiger partial charge on any atom is 0.226 e. The summed E-state index contributed by atoms with van der Waals surface area (Å²) in [6.45, 7) is 2.89. The topological polar surface area (TPSA) is 51.2 Å². The van der Waals surface area contributed by atoms with E-state index in [4.69, 9.17) is 16.3 Å². The van der Waals surface area contributed by atoms with E-state index in [0.717, 1.165) is 4.47 Å². The Morgan fingerprint density at radius 3 is 3.12 bits per heavy atom. The highest BCUT2D eigenvalue weighted by atomic mass is 79.9. The lowest BCUT2D eigenvalue weighted by atomic mass is 10.3. The molecule has 0 aliphatic carbocycles. The van der Waals surface area contributed by atoms with Crippen molar-refractivity contribution in [2.45, 2.75) is 13.3 Å². The van der Waals surface area contributed by atoms with Crippen LogP contribution in [0.1, 0.15) is 13.3 Å². The molecule has 0 bridgehead atoms. The molecule has 0 aromatic carbocycles. The van der Waals surface area contributed by atoms with Gasteiger partial charge in [-0.2, -0.15) is 0 Å². The summed E-state index contributed by atoms with van der Waals surface area (Å²) in [6, 6.07) is 1.70. The summed E-state index contributed by atoms with van der Waals surface area (Å²) in [4.78, 5) is 15.4. The van der Waals surface area contributed by atoms with Crippen LogP contribution in [-0.4, -0.2) is 24.1 Å². The predicted octanol–water partition coefficient (Wildman–Crippen LogP) is 2.86. The smallest absolute Gasteiger partial charge is 0.226 e. The lowest BCUT2D eigenvalue weighted by Gasteiger charge is -2.06. The van der Waals surface area contributed by atoms with E-state index < -0.39 is 0 Å². The minimum absolute atomic E-state index is 0.143. The Morgan fingerprint density at radius 1 is 1.69 bits per heavy atom. The number of nitrogens with one attached hydrogen (secondary N) is 1. The normalized spacial score (nSPS) is 10.2. The Hall–Kier alpha value is -0.650. The first kappa shape index (κ1) is 13.4. The van der Waals surface area contributed by atoms with Crippen LogP contribution in [0.5, 0.6) is 0 Å². The highest BCUT2D eigenvalue weighted by Gasteiger charge is 2.07. The highest BCUT2D eigenvalue weighted by Crippen LogP contribution is 2.22. The first-order valence-electron chi connectivity index (χ1n) is 4.82. The van der Waals surface area contributed by atoms with Crippen LogP contribution < -0.4 is 5.32 Å². The van der Waals surface area contributed by atoms with Crippen LogP contribution >= 0.6 is 27.5 Å². The van der Waals surface area contributed by atoms with Crippen LogP contribution in [-0.2, 0) is 9.53 Å². The molecule has 0 unspecified atom stereocenters. The number of anilines is 1. The molecule has 4 nitrogen and oxygen atoms in total. The first-order chi connectivity index (χ1) is 7.63. The number of amides is 1. The lowest BCUT2D eigenvalue weighted by Crippen LogP contribution is -2.14. The van der Waals surface area contributed by atoms with Crippen molar-refractivity contribution < 1.29 is 9.53 Å². The minimum atomic E-state index is -0.143. The minimum Gasteiger partial charge on any atom is -0.381 e. The Kier molecular flexibility index (Phi) is 5.73. The molecular formula is C10H12BrClN2O2. The second kappa shape index (κ2) is 6.83. The van der Waals surface area contributed by atoms with E-state index in [2.05, 4.69) is 26.2 Å². The Morgan fingerprint density at radius 2 is 2.44 bits per heavy atom. The fourth-order valence-corrected chi connectivity index (χ4v) is 1.51. The van der Waals surface area contributed by atoms with Crippen molar-refractivity contribution in [2.24, 2.45) is 0 Å². The Balaban J connectivity index is 2.52. The molecule has 6 heteroatoms. The second-order valence-electron chi connectivity index (χ2n) is 2.99. The van der Waals surface area contributed by atoms with Gasteiger partial charge in [-0.25, -0.2) is 4.98 Å². The third-order valence-corrected chi connectivity index (χ3v) is 2.49. The molecule has 1 heterocycles. The maximum atomic E-state index is 11.5. The highest BCUT2D eigenvalue weighted by molar-refractivity contribution is 9.10. The van der Waals surface area contributed by atoms with Gasteiger partial charge in [0.05, 0.1) is 18.7 Å². The van der Waals surface area contributed by atoms with Crippen LogP contribution in [0.2, 0.25) is 5.15 Å². The quantitative estimate of drug-likeness (QED) is 0.672. The van der Waals surface area contributed by atoms with Crippen molar-refractivity contribution in [3.63, 3.8) is 0 Å². The van der Waals surface area contributed by atoms with Gasteiger partial charge < -0.3 is 10.1 Å². The zero-order chi connectivity index (χ0) is 12.0. The Labute approximate surface area is 107 Å². The van der Waals surface area contributed by atoms with Crippen LogP contribution in [0, 0.1) is 0 Å². The SMILES string of the molecule is CCOCCC(=O)Nc1cc(Br)cnc1Cl. The number of hydrogen-bond donors (Lipinski definition) is 1. The largest absolute Gasteiger partial charge is 0.381 e. The summed E-state index contributed by atoms with van der Waals surface area (Å²) >= 11 is 9.08. The molecule has 0 saturated heterocycles. The van der Waals surface area contributed by atoms with Crippen LogP contribution in [0.15, 0.2) is 16.7 Å². The number of carbonyl (C=O) groups is 1. The molecule has 0 fully saturated rings. The van der Waals surface area contributed by atoms with Gasteiger partial charge in [0, 0.05) is 17.3 Å². The summed E-state index contributed by atoms with van der Waals surface area (Å²) in [5.41, 5.74) is 0.498. The molecule has 0 spiro atoms. The number of halogens is 2. The third kappa shape index (κ3) is 4.47. The monoisotopic (exact) mass is 306 g/mol. The van der Waals surface area contributed by atoms with Crippen molar-refractivity contribution in [3.05, 3.63) is 21.9 Å². The molecule has 1 rings (SSSR count). The van der Waals surface area contributed by atoms with E-state index in [1.165, 1.54) is 0 Å². The summed E-state index contributed by atoms with van der Waals surface area (Å²) in [5, 5.41) is 2.94. The lowest BCUT2D eigenvalue weighted by molar-refractivity contribution is -0.117. The van der Waals surface area contributed by atoms with Crippen molar-refractivity contribution in [1.82, 2.24) is 4.98 Å². The van der Waals surface area contributed by atoms with Gasteiger partial charge in [0.1, 0.15) is 0 Å². The number of hydrogen-bond acceptors (Lipinski definition) is 3. The van der Waals surface area contributed by atoms with Gasteiger partial charge in [-0.15, -0.1) is 0 Å². The summed E-state index contributed by atoms with van der Waals surface area (Å²) < 4.78 is 5.84. The molecule has 1 amide bonds. The van der Waals surface area contributed by atoms with Crippen LogP contribution in [0.25, 0.3) is 0 Å². The van der Waals surface area contributed by atoms with E-state index in [1.807, 2.05) is 6.92 Å². The molecule has 1 N–H and O–H groups in total. The molecule has 0 aliphatic heterocycles. The first-order valence-corrected chi connectivity index (χ1v) is 5.99. The van der Waals surface area contributed by atoms with Gasteiger partial charge in [-0.3, -0.25) is 4.79 Å². The number of aromatic nitrogens is 1. The summed E-state index contributed by atoms with van der Waals surface area (Å²) in [5.74, 6) is -0.143. The van der Waals surface area contributed by atoms with Crippen molar-refractivity contribution >= 4 is 39.1 Å². The summed E-state index contributed by atoms with van der Waals surface area (Å²) in [7, 11) is 0. The molecule has 1 aromatic heterocycles. The fourth-order valence-electron chi connectivity index (χ4n) is 1.03. The van der Waals surface area contributed by atoms with Crippen LogP contribution in [0.3, 0.4) is 0 Å². The van der Waals surface area contributed by atoms with Crippen molar-refractivity contribution in [2.75, 3.05) is 18.5 Å². The molecule has 0 atom stereocenters. The zero-order valence-electron chi connectivity index (χ0n) is 8.80. The number of carbonyl (C=O) groups excluding carboxylic acids is 1. The molecular weight excluding hydrogens is 295 g/mol. The average molecular weight is 308 g/mol. The van der Waals surface area contributed by atoms with Gasteiger partial charge in [-0.05, 0) is 28.9 Å². The average Bonchev–Trinajstić information content (AvgIpc) is 2.24. The maximum absolute atomic E-state index is 11.5. The van der Waals surface area contributed by atoms with Gasteiger partial charge in [0.15, 0.2) is 5.15 Å². The Bertz CT molecular complexity index is 374. The van der Waals surface area contributed by atoms with Crippen molar-refractivity contribution in [1.29, 1.82) is 0 Å². The van der Waals surface area contributed by atoms with E-state index in [1.54, 1.807) is 12.3 Å².